The number of hydrogen-bond donors (Lipinski definition) is 1. The van der Waals surface area contributed by atoms with Crippen LogP contribution in [0.2, 0.25) is 0 Å². The molecule has 2 N–H and O–H groups in total. The van der Waals surface area contributed by atoms with Crippen molar-refractivity contribution in [2.24, 2.45) is 5.73 Å². The zero-order chi connectivity index (χ0) is 13.9. The number of benzene rings is 1. The van der Waals surface area contributed by atoms with Gasteiger partial charge in [0.15, 0.2) is 0 Å². The molecule has 2 heterocycles. The molecule has 0 spiro atoms. The van der Waals surface area contributed by atoms with E-state index in [1.54, 1.807) is 0 Å². The molecule has 0 saturated carbocycles. The summed E-state index contributed by atoms with van der Waals surface area (Å²) in [6, 6.07) is 8.47. The second-order valence-electron chi connectivity index (χ2n) is 5.41. The van der Waals surface area contributed by atoms with Gasteiger partial charge in [0.1, 0.15) is 11.6 Å². The number of para-hydroxylation sites is 1. The summed E-state index contributed by atoms with van der Waals surface area (Å²) in [6.07, 6.45) is 5.71. The maximum atomic E-state index is 6.04. The summed E-state index contributed by atoms with van der Waals surface area (Å²) in [4.78, 5) is 4.44. The van der Waals surface area contributed by atoms with Crippen LogP contribution in [0.5, 0.6) is 5.75 Å². The van der Waals surface area contributed by atoms with Crippen LogP contribution in [0.1, 0.15) is 30.7 Å². The molecule has 3 rings (SSSR count). The van der Waals surface area contributed by atoms with E-state index in [2.05, 4.69) is 28.6 Å². The van der Waals surface area contributed by atoms with Gasteiger partial charge < -0.3 is 15.0 Å². The largest absolute Gasteiger partial charge is 0.493 e. The van der Waals surface area contributed by atoms with Gasteiger partial charge in [-0.3, -0.25) is 0 Å². The van der Waals surface area contributed by atoms with Crippen LogP contribution in [0.4, 0.5) is 0 Å². The van der Waals surface area contributed by atoms with Crippen LogP contribution in [0.25, 0.3) is 0 Å². The van der Waals surface area contributed by atoms with Gasteiger partial charge in [0.2, 0.25) is 0 Å². The van der Waals surface area contributed by atoms with E-state index in [1.807, 2.05) is 24.5 Å². The Labute approximate surface area is 119 Å². The third-order valence-electron chi connectivity index (χ3n) is 3.99. The molecule has 1 aromatic carbocycles. The predicted molar refractivity (Wildman–Crippen MR) is 78.9 cm³/mol. The van der Waals surface area contributed by atoms with Gasteiger partial charge in [0, 0.05) is 42.9 Å². The average molecular weight is 271 g/mol. The highest BCUT2D eigenvalue weighted by molar-refractivity contribution is 5.39. The highest BCUT2D eigenvalue weighted by Crippen LogP contribution is 2.34. The van der Waals surface area contributed by atoms with Gasteiger partial charge in [-0.1, -0.05) is 25.1 Å². The van der Waals surface area contributed by atoms with Gasteiger partial charge in [0.25, 0.3) is 0 Å². The third-order valence-corrected chi connectivity index (χ3v) is 3.99. The van der Waals surface area contributed by atoms with Gasteiger partial charge >= 0.3 is 0 Å². The van der Waals surface area contributed by atoms with E-state index in [-0.39, 0.29) is 6.04 Å². The number of hydrogen-bond acceptors (Lipinski definition) is 3. The molecule has 1 aromatic heterocycles. The zero-order valence-corrected chi connectivity index (χ0v) is 11.8. The van der Waals surface area contributed by atoms with Crippen LogP contribution in [0, 0.1) is 0 Å². The fourth-order valence-electron chi connectivity index (χ4n) is 2.69. The average Bonchev–Trinajstić information content (AvgIpc) is 3.07. The molecular formula is C16H21N3O. The lowest BCUT2D eigenvalue weighted by Crippen LogP contribution is -2.24. The number of nitrogens with two attached hydrogens (primary N) is 1. The quantitative estimate of drug-likeness (QED) is 0.908. The van der Waals surface area contributed by atoms with Crippen LogP contribution >= 0.6 is 0 Å². The van der Waals surface area contributed by atoms with Crippen molar-refractivity contribution in [1.82, 2.24) is 9.55 Å². The highest BCUT2D eigenvalue weighted by atomic mass is 16.5. The van der Waals surface area contributed by atoms with Crippen LogP contribution in [0.15, 0.2) is 36.7 Å². The van der Waals surface area contributed by atoms with Gasteiger partial charge in [-0.15, -0.1) is 0 Å². The third kappa shape index (κ3) is 2.56. The van der Waals surface area contributed by atoms with Gasteiger partial charge in [-0.2, -0.15) is 0 Å². The topological polar surface area (TPSA) is 53.1 Å². The molecule has 4 heteroatoms. The van der Waals surface area contributed by atoms with E-state index in [0.717, 1.165) is 37.6 Å². The summed E-state index contributed by atoms with van der Waals surface area (Å²) in [5, 5.41) is 0. The first-order chi connectivity index (χ1) is 9.78. The molecule has 0 amide bonds. The second-order valence-corrected chi connectivity index (χ2v) is 5.41. The summed E-state index contributed by atoms with van der Waals surface area (Å²) >= 11 is 0. The summed E-state index contributed by atoms with van der Waals surface area (Å²) in [6.45, 7) is 3.76. The maximum Gasteiger partial charge on any atom is 0.122 e. The Morgan fingerprint density at radius 3 is 3.15 bits per heavy atom. The maximum absolute atomic E-state index is 6.04. The monoisotopic (exact) mass is 271 g/mol. The minimum Gasteiger partial charge on any atom is -0.493 e. The van der Waals surface area contributed by atoms with Crippen molar-refractivity contribution in [1.29, 1.82) is 0 Å². The van der Waals surface area contributed by atoms with E-state index in [4.69, 9.17) is 10.5 Å². The van der Waals surface area contributed by atoms with Gasteiger partial charge in [-0.25, -0.2) is 4.98 Å². The molecular weight excluding hydrogens is 250 g/mol. The van der Waals surface area contributed by atoms with Crippen molar-refractivity contribution in [3.05, 3.63) is 48.0 Å². The Kier molecular flexibility index (Phi) is 3.74. The number of imidazole rings is 1. The molecule has 106 valence electrons. The molecule has 1 aliphatic rings. The standard InChI is InChI=1S/C16H21N3O/c1-2-13(17)9-16-18-7-8-19(16)10-12-11-20-15-6-4-3-5-14(12)15/h3-8,12-13H,2,9-11,17H2,1H3. The van der Waals surface area contributed by atoms with Crippen LogP contribution in [0.3, 0.4) is 0 Å². The minimum absolute atomic E-state index is 0.184. The number of ether oxygens (including phenoxy) is 1. The summed E-state index contributed by atoms with van der Waals surface area (Å²) in [7, 11) is 0. The molecule has 1 aliphatic heterocycles. The van der Waals surface area contributed by atoms with E-state index in [1.165, 1.54) is 5.56 Å². The predicted octanol–water partition coefficient (Wildman–Crippen LogP) is 2.34. The molecule has 2 unspecified atom stereocenters. The van der Waals surface area contributed by atoms with Crippen molar-refractivity contribution in [3.63, 3.8) is 0 Å². The molecule has 2 atom stereocenters. The minimum atomic E-state index is 0.184. The number of nitrogens with zero attached hydrogens (tertiary/aromatic N) is 2. The molecule has 20 heavy (non-hydrogen) atoms. The first-order valence-corrected chi connectivity index (χ1v) is 7.25. The number of rotatable bonds is 5. The molecule has 0 aliphatic carbocycles. The SMILES string of the molecule is CCC(N)Cc1nccn1CC1COc2ccccc21. The van der Waals surface area contributed by atoms with Crippen LogP contribution in [-0.4, -0.2) is 22.2 Å². The summed E-state index contributed by atoms with van der Waals surface area (Å²) < 4.78 is 7.96. The Morgan fingerprint density at radius 1 is 1.45 bits per heavy atom. The first-order valence-electron chi connectivity index (χ1n) is 7.25. The van der Waals surface area contributed by atoms with Crippen molar-refractivity contribution in [2.75, 3.05) is 6.61 Å². The number of fused-ring (bicyclic) bond motifs is 1. The first kappa shape index (κ1) is 13.2. The molecule has 2 aromatic rings. The van der Waals surface area contributed by atoms with E-state index >= 15 is 0 Å². The van der Waals surface area contributed by atoms with Crippen molar-refractivity contribution >= 4 is 0 Å². The summed E-state index contributed by atoms with van der Waals surface area (Å²) in [5.41, 5.74) is 7.34. The summed E-state index contributed by atoms with van der Waals surface area (Å²) in [5.74, 6) is 2.49. The molecule has 0 radical (unpaired) electrons. The van der Waals surface area contributed by atoms with E-state index in [9.17, 15) is 0 Å². The molecule has 4 nitrogen and oxygen atoms in total. The van der Waals surface area contributed by atoms with Crippen molar-refractivity contribution in [3.8, 4) is 5.75 Å². The lowest BCUT2D eigenvalue weighted by Gasteiger charge is -2.14. The van der Waals surface area contributed by atoms with E-state index in [0.29, 0.717) is 5.92 Å². The molecule has 0 bridgehead atoms. The smallest absolute Gasteiger partial charge is 0.122 e. The zero-order valence-electron chi connectivity index (χ0n) is 11.8. The van der Waals surface area contributed by atoms with Crippen LogP contribution in [-0.2, 0) is 13.0 Å². The highest BCUT2D eigenvalue weighted by Gasteiger charge is 2.24. The van der Waals surface area contributed by atoms with Gasteiger partial charge in [-0.05, 0) is 12.5 Å². The molecule has 0 fully saturated rings. The Bertz CT molecular complexity index is 579. The fraction of sp³-hybridized carbons (Fsp3) is 0.438. The van der Waals surface area contributed by atoms with Crippen molar-refractivity contribution < 1.29 is 4.74 Å². The second kappa shape index (κ2) is 5.67. The normalized spacial score (nSPS) is 18.6. The lowest BCUT2D eigenvalue weighted by atomic mass is 10.0. The lowest BCUT2D eigenvalue weighted by molar-refractivity contribution is 0.317. The Morgan fingerprint density at radius 2 is 2.30 bits per heavy atom. The molecule has 0 saturated heterocycles. The number of aromatic nitrogens is 2. The fourth-order valence-corrected chi connectivity index (χ4v) is 2.69. The van der Waals surface area contributed by atoms with Crippen LogP contribution < -0.4 is 10.5 Å². The van der Waals surface area contributed by atoms with E-state index < -0.39 is 0 Å². The van der Waals surface area contributed by atoms with Crippen molar-refractivity contribution in [2.45, 2.75) is 38.3 Å². The Balaban J connectivity index is 1.75. The van der Waals surface area contributed by atoms with Gasteiger partial charge in [0.05, 0.1) is 6.61 Å². The Hall–Kier alpha value is -1.81.